The average Bonchev–Trinajstić information content (AvgIpc) is 2.82. The van der Waals surface area contributed by atoms with Gasteiger partial charge in [0.05, 0.1) is 11.8 Å². The third-order valence-corrected chi connectivity index (χ3v) is 3.44. The van der Waals surface area contributed by atoms with Crippen molar-refractivity contribution in [1.82, 2.24) is 10.3 Å². The van der Waals surface area contributed by atoms with Gasteiger partial charge in [-0.2, -0.15) is 0 Å². The summed E-state index contributed by atoms with van der Waals surface area (Å²) in [5.41, 5.74) is 0.967. The van der Waals surface area contributed by atoms with E-state index >= 15 is 0 Å². The Morgan fingerprint density at radius 2 is 2.25 bits per heavy atom. The molecule has 2 amide bonds. The highest BCUT2D eigenvalue weighted by Crippen LogP contribution is 2.16. The monoisotopic (exact) mass is 295 g/mol. The van der Waals surface area contributed by atoms with Crippen LogP contribution in [-0.2, 0) is 0 Å². The van der Waals surface area contributed by atoms with Gasteiger partial charge < -0.3 is 10.4 Å². The maximum absolute atomic E-state index is 13.4. The third kappa shape index (κ3) is 3.75. The quantitative estimate of drug-likeness (QED) is 0.811. The number of anilines is 1. The Labute approximate surface area is 119 Å². The lowest BCUT2D eigenvalue weighted by molar-refractivity contribution is 0.170. The second-order valence-corrected chi connectivity index (χ2v) is 5.02. The number of carbonyl (C=O) groups is 1. The molecule has 0 saturated heterocycles. The number of aryl methyl sites for hydroxylation is 1. The zero-order chi connectivity index (χ0) is 14.5. The molecule has 0 aliphatic rings. The van der Waals surface area contributed by atoms with Crippen LogP contribution < -0.4 is 10.6 Å². The molecule has 5 nitrogen and oxygen atoms in total. The average molecular weight is 295 g/mol. The Morgan fingerprint density at radius 3 is 2.90 bits per heavy atom. The second kappa shape index (κ2) is 6.44. The van der Waals surface area contributed by atoms with E-state index in [1.54, 1.807) is 6.07 Å². The van der Waals surface area contributed by atoms with Crippen LogP contribution in [0.3, 0.4) is 0 Å². The molecular formula is C13H14FN3O2S. The minimum atomic E-state index is -1.10. The van der Waals surface area contributed by atoms with Crippen LogP contribution in [0.15, 0.2) is 29.6 Å². The van der Waals surface area contributed by atoms with Crippen LogP contribution in [0.2, 0.25) is 0 Å². The summed E-state index contributed by atoms with van der Waals surface area (Å²) in [6, 6.07) is 5.41. The molecule has 1 aromatic heterocycles. The fourth-order valence-corrected chi connectivity index (χ4v) is 2.28. The van der Waals surface area contributed by atoms with Gasteiger partial charge in [0.2, 0.25) is 0 Å². The van der Waals surface area contributed by atoms with Gasteiger partial charge in [0.1, 0.15) is 5.82 Å². The number of carbonyl (C=O) groups excluding carboxylic acids is 1. The predicted octanol–water partition coefficient (Wildman–Crippen LogP) is 2.45. The van der Waals surface area contributed by atoms with Crippen LogP contribution in [0.5, 0.6) is 0 Å². The normalized spacial score (nSPS) is 11.9. The van der Waals surface area contributed by atoms with Gasteiger partial charge in [-0.25, -0.2) is 14.2 Å². The molecule has 2 rings (SSSR count). The Morgan fingerprint density at radius 1 is 1.50 bits per heavy atom. The number of aromatic nitrogens is 1. The molecule has 3 N–H and O–H groups in total. The largest absolute Gasteiger partial charge is 0.386 e. The van der Waals surface area contributed by atoms with Crippen molar-refractivity contribution in [2.45, 2.75) is 13.0 Å². The van der Waals surface area contributed by atoms with E-state index in [9.17, 15) is 14.3 Å². The number of nitrogens with zero attached hydrogens (tertiary/aromatic N) is 1. The number of thiazole rings is 1. The van der Waals surface area contributed by atoms with E-state index in [-0.39, 0.29) is 12.1 Å². The van der Waals surface area contributed by atoms with E-state index < -0.39 is 18.0 Å². The first-order valence-corrected chi connectivity index (χ1v) is 6.83. The molecule has 1 atom stereocenters. The number of rotatable bonds is 4. The Balaban J connectivity index is 1.85. The number of hydrogen-bond acceptors (Lipinski definition) is 4. The topological polar surface area (TPSA) is 74.2 Å². The van der Waals surface area contributed by atoms with Crippen LogP contribution in [0, 0.1) is 12.7 Å². The molecule has 0 saturated carbocycles. The molecule has 0 aliphatic carbocycles. The molecular weight excluding hydrogens is 281 g/mol. The Kier molecular flexibility index (Phi) is 4.65. The van der Waals surface area contributed by atoms with Gasteiger partial charge in [0.25, 0.3) is 0 Å². The summed E-state index contributed by atoms with van der Waals surface area (Å²) in [5, 5.41) is 17.1. The standard InChI is InChI=1S/C13H14FN3O2S/c1-8-7-20-13(16-8)17-12(19)15-6-11(18)9-4-2-3-5-10(9)14/h2-5,7,11,18H,6H2,1H3,(H2,15,16,17,19). The van der Waals surface area contributed by atoms with Gasteiger partial charge in [0, 0.05) is 17.5 Å². The highest BCUT2D eigenvalue weighted by Gasteiger charge is 2.13. The predicted molar refractivity (Wildman–Crippen MR) is 75.2 cm³/mol. The van der Waals surface area contributed by atoms with Crippen molar-refractivity contribution in [2.75, 3.05) is 11.9 Å². The SMILES string of the molecule is Cc1csc(NC(=O)NCC(O)c2ccccc2F)n1. The molecule has 7 heteroatoms. The molecule has 1 unspecified atom stereocenters. The number of nitrogens with one attached hydrogen (secondary N) is 2. The van der Waals surface area contributed by atoms with Crippen molar-refractivity contribution in [3.63, 3.8) is 0 Å². The molecule has 0 bridgehead atoms. The van der Waals surface area contributed by atoms with Gasteiger partial charge in [-0.05, 0) is 13.0 Å². The van der Waals surface area contributed by atoms with Crippen molar-refractivity contribution < 1.29 is 14.3 Å². The second-order valence-electron chi connectivity index (χ2n) is 4.17. The first kappa shape index (κ1) is 14.4. The van der Waals surface area contributed by atoms with Gasteiger partial charge in [-0.1, -0.05) is 18.2 Å². The van der Waals surface area contributed by atoms with Crippen molar-refractivity contribution in [2.24, 2.45) is 0 Å². The minimum absolute atomic E-state index is 0.0862. The fourth-order valence-electron chi connectivity index (χ4n) is 1.60. The minimum Gasteiger partial charge on any atom is -0.386 e. The van der Waals surface area contributed by atoms with Crippen LogP contribution in [0.25, 0.3) is 0 Å². The van der Waals surface area contributed by atoms with Crippen molar-refractivity contribution in [1.29, 1.82) is 0 Å². The number of hydrogen-bond donors (Lipinski definition) is 3. The molecule has 0 aliphatic heterocycles. The molecule has 1 aromatic carbocycles. The van der Waals surface area contributed by atoms with E-state index in [0.29, 0.717) is 5.13 Å². The van der Waals surface area contributed by atoms with Gasteiger partial charge in [0.15, 0.2) is 5.13 Å². The maximum Gasteiger partial charge on any atom is 0.321 e. The van der Waals surface area contributed by atoms with Crippen LogP contribution in [0.1, 0.15) is 17.4 Å². The highest BCUT2D eigenvalue weighted by atomic mass is 32.1. The number of aliphatic hydroxyl groups excluding tert-OH is 1. The lowest BCUT2D eigenvalue weighted by Gasteiger charge is -2.12. The van der Waals surface area contributed by atoms with Crippen LogP contribution in [0.4, 0.5) is 14.3 Å². The van der Waals surface area contributed by atoms with Gasteiger partial charge >= 0.3 is 6.03 Å². The molecule has 0 fully saturated rings. The number of benzene rings is 1. The molecule has 106 valence electrons. The van der Waals surface area contributed by atoms with E-state index in [1.165, 1.54) is 29.5 Å². The summed E-state index contributed by atoms with van der Waals surface area (Å²) < 4.78 is 13.4. The Bertz CT molecular complexity index is 603. The maximum atomic E-state index is 13.4. The number of urea groups is 1. The third-order valence-electron chi connectivity index (χ3n) is 2.56. The smallest absolute Gasteiger partial charge is 0.321 e. The summed E-state index contributed by atoms with van der Waals surface area (Å²) in [7, 11) is 0. The van der Waals surface area contributed by atoms with Crippen LogP contribution in [-0.4, -0.2) is 22.7 Å². The van der Waals surface area contributed by atoms with E-state index in [4.69, 9.17) is 0 Å². The summed E-state index contributed by atoms with van der Waals surface area (Å²) in [6.07, 6.45) is -1.10. The number of halogens is 1. The number of aliphatic hydroxyl groups is 1. The van der Waals surface area contributed by atoms with E-state index in [1.807, 2.05) is 12.3 Å². The van der Waals surface area contributed by atoms with Gasteiger partial charge in [-0.15, -0.1) is 11.3 Å². The molecule has 0 radical (unpaired) electrons. The zero-order valence-corrected chi connectivity index (χ0v) is 11.6. The molecule has 20 heavy (non-hydrogen) atoms. The lowest BCUT2D eigenvalue weighted by Crippen LogP contribution is -2.32. The summed E-state index contributed by atoms with van der Waals surface area (Å²) in [5.74, 6) is -0.502. The summed E-state index contributed by atoms with van der Waals surface area (Å²) in [6.45, 7) is 1.73. The van der Waals surface area contributed by atoms with Crippen molar-refractivity contribution >= 4 is 22.5 Å². The molecule has 0 spiro atoms. The Hall–Kier alpha value is -1.99. The van der Waals surface area contributed by atoms with Crippen molar-refractivity contribution in [3.05, 3.63) is 46.7 Å². The molecule has 2 aromatic rings. The molecule has 1 heterocycles. The summed E-state index contributed by atoms with van der Waals surface area (Å²) in [4.78, 5) is 15.7. The first-order valence-electron chi connectivity index (χ1n) is 5.95. The highest BCUT2D eigenvalue weighted by molar-refractivity contribution is 7.13. The van der Waals surface area contributed by atoms with Gasteiger partial charge in [-0.3, -0.25) is 5.32 Å². The van der Waals surface area contributed by atoms with E-state index in [2.05, 4.69) is 15.6 Å². The first-order chi connectivity index (χ1) is 9.56. The van der Waals surface area contributed by atoms with Crippen LogP contribution >= 0.6 is 11.3 Å². The van der Waals surface area contributed by atoms with Crippen molar-refractivity contribution in [3.8, 4) is 0 Å². The fraction of sp³-hybridized carbons (Fsp3) is 0.231. The zero-order valence-electron chi connectivity index (χ0n) is 10.8. The lowest BCUT2D eigenvalue weighted by atomic mass is 10.1. The summed E-state index contributed by atoms with van der Waals surface area (Å²) >= 11 is 1.31. The number of amides is 2. The van der Waals surface area contributed by atoms with E-state index in [0.717, 1.165) is 5.69 Å².